The maximum Gasteiger partial charge on any atom is 0.123 e. The van der Waals surface area contributed by atoms with E-state index in [4.69, 9.17) is 0 Å². The molecule has 1 nitrogen and oxygen atoms in total. The van der Waals surface area contributed by atoms with Crippen LogP contribution in [0.4, 0.5) is 21.5 Å². The van der Waals surface area contributed by atoms with E-state index < -0.39 is 0 Å². The molecule has 0 aliphatic heterocycles. The summed E-state index contributed by atoms with van der Waals surface area (Å²) in [5.74, 6) is -0.257. The van der Waals surface area contributed by atoms with E-state index in [0.717, 1.165) is 39.0 Å². The van der Waals surface area contributed by atoms with Gasteiger partial charge in [-0.25, -0.2) is 4.39 Å². The summed E-state index contributed by atoms with van der Waals surface area (Å²) in [5, 5.41) is 12.1. The molecule has 0 aliphatic carbocycles. The number of anilines is 3. The topological polar surface area (TPSA) is 3.24 Å². The second-order valence-electron chi connectivity index (χ2n) is 14.9. The molecule has 2 heteroatoms. The SMILES string of the molecule is Fc1ccc(N(c2ccccc2)c2ccc(-c3ccc4c(-c5cccc6ccccc56)c5ccccc5c(-c5cccc6ccccc56)c4c3)c3ccccc23)cc1. The highest BCUT2D eigenvalue weighted by Crippen LogP contribution is 2.49. The molecule has 0 amide bonds. The molecule has 0 atom stereocenters. The number of rotatable bonds is 6. The Bertz CT molecular complexity index is 3340. The lowest BCUT2D eigenvalue weighted by Crippen LogP contribution is -2.10. The Morgan fingerprint density at radius 3 is 1.41 bits per heavy atom. The van der Waals surface area contributed by atoms with Gasteiger partial charge < -0.3 is 4.90 Å². The summed E-state index contributed by atoms with van der Waals surface area (Å²) in [5.41, 5.74) is 10.2. The Labute approximate surface area is 336 Å². The van der Waals surface area contributed by atoms with Gasteiger partial charge in [0, 0.05) is 16.8 Å². The molecular formula is C56H36FN. The zero-order valence-electron chi connectivity index (χ0n) is 31.6. The first-order chi connectivity index (χ1) is 28.7. The highest BCUT2D eigenvalue weighted by atomic mass is 19.1. The van der Waals surface area contributed by atoms with Crippen LogP contribution >= 0.6 is 0 Å². The van der Waals surface area contributed by atoms with Crippen LogP contribution in [0.3, 0.4) is 0 Å². The molecule has 0 bridgehead atoms. The molecule has 0 N–H and O–H groups in total. The van der Waals surface area contributed by atoms with Gasteiger partial charge in [-0.2, -0.15) is 0 Å². The van der Waals surface area contributed by atoms with Crippen LogP contribution in [0.15, 0.2) is 218 Å². The minimum atomic E-state index is -0.257. The van der Waals surface area contributed by atoms with E-state index in [1.807, 2.05) is 30.3 Å². The quantitative estimate of drug-likeness (QED) is 0.153. The Hall–Kier alpha value is -7.55. The van der Waals surface area contributed by atoms with E-state index in [0.29, 0.717) is 0 Å². The van der Waals surface area contributed by atoms with E-state index in [-0.39, 0.29) is 5.82 Å². The first-order valence-electron chi connectivity index (χ1n) is 19.8. The van der Waals surface area contributed by atoms with Gasteiger partial charge in [0.2, 0.25) is 0 Å². The average molecular weight is 742 g/mol. The standard InChI is InChI=1S/C56H36FN/c57-40-29-31-42(32-30-40)58(41-18-2-1-3-19-41)54-35-34-45(46-22-8-9-23-47(46)54)39-28-33-52-53(36-39)56(49-27-13-17-38-15-5-7-21-44(38)49)51-25-11-10-24-50(51)55(52)48-26-12-16-37-14-4-6-20-43(37)48/h1-36H. The number of para-hydroxylation sites is 1. The number of benzene rings is 11. The van der Waals surface area contributed by atoms with Crippen molar-refractivity contribution in [3.05, 3.63) is 224 Å². The van der Waals surface area contributed by atoms with Crippen molar-refractivity contribution in [2.45, 2.75) is 0 Å². The molecule has 0 saturated carbocycles. The molecule has 0 spiro atoms. The average Bonchev–Trinajstić information content (AvgIpc) is 3.29. The van der Waals surface area contributed by atoms with E-state index >= 15 is 0 Å². The molecule has 0 heterocycles. The maximum atomic E-state index is 14.2. The Kier molecular flexibility index (Phi) is 8.08. The fraction of sp³-hybridized carbons (Fsp3) is 0. The van der Waals surface area contributed by atoms with Crippen LogP contribution in [-0.2, 0) is 0 Å². The van der Waals surface area contributed by atoms with Crippen molar-refractivity contribution < 1.29 is 4.39 Å². The third-order valence-corrected chi connectivity index (χ3v) is 11.7. The molecule has 272 valence electrons. The highest BCUT2D eigenvalue weighted by molar-refractivity contribution is 6.26. The summed E-state index contributed by atoms with van der Waals surface area (Å²) in [7, 11) is 0. The Morgan fingerprint density at radius 2 is 0.776 bits per heavy atom. The normalized spacial score (nSPS) is 11.5. The van der Waals surface area contributed by atoms with Crippen LogP contribution in [0.5, 0.6) is 0 Å². The van der Waals surface area contributed by atoms with Crippen LogP contribution in [0.25, 0.3) is 87.2 Å². The molecule has 11 aromatic rings. The minimum absolute atomic E-state index is 0.257. The predicted molar refractivity (Wildman–Crippen MR) is 245 cm³/mol. The van der Waals surface area contributed by atoms with Crippen LogP contribution < -0.4 is 4.90 Å². The second kappa shape index (κ2) is 13.9. The van der Waals surface area contributed by atoms with Crippen molar-refractivity contribution in [1.82, 2.24) is 0 Å². The number of hydrogen-bond donors (Lipinski definition) is 0. The molecule has 0 fully saturated rings. The zero-order chi connectivity index (χ0) is 38.6. The molecule has 11 aromatic carbocycles. The van der Waals surface area contributed by atoms with Gasteiger partial charge in [-0.05, 0) is 130 Å². The maximum absolute atomic E-state index is 14.2. The van der Waals surface area contributed by atoms with E-state index in [1.54, 1.807) is 0 Å². The molecule has 11 rings (SSSR count). The van der Waals surface area contributed by atoms with Gasteiger partial charge in [0.05, 0.1) is 5.69 Å². The number of fused-ring (bicyclic) bond motifs is 5. The van der Waals surface area contributed by atoms with Crippen molar-refractivity contribution >= 4 is 70.9 Å². The van der Waals surface area contributed by atoms with Crippen molar-refractivity contribution in [3.8, 4) is 33.4 Å². The van der Waals surface area contributed by atoms with Gasteiger partial charge in [-0.3, -0.25) is 0 Å². The Morgan fingerprint density at radius 1 is 0.293 bits per heavy atom. The molecule has 0 saturated heterocycles. The minimum Gasteiger partial charge on any atom is -0.310 e. The lowest BCUT2D eigenvalue weighted by molar-refractivity contribution is 0.628. The Balaban J connectivity index is 1.21. The van der Waals surface area contributed by atoms with E-state index in [2.05, 4.69) is 181 Å². The predicted octanol–water partition coefficient (Wildman–Crippen LogP) is 16.1. The monoisotopic (exact) mass is 741 g/mol. The van der Waals surface area contributed by atoms with Crippen molar-refractivity contribution in [3.63, 3.8) is 0 Å². The summed E-state index contributed by atoms with van der Waals surface area (Å²) in [6, 6.07) is 76.9. The van der Waals surface area contributed by atoms with Crippen molar-refractivity contribution in [2.24, 2.45) is 0 Å². The lowest BCUT2D eigenvalue weighted by atomic mass is 9.82. The first-order valence-corrected chi connectivity index (χ1v) is 19.8. The smallest absolute Gasteiger partial charge is 0.123 e. The molecule has 0 aliphatic rings. The zero-order valence-corrected chi connectivity index (χ0v) is 31.6. The van der Waals surface area contributed by atoms with Gasteiger partial charge in [-0.15, -0.1) is 0 Å². The fourth-order valence-corrected chi connectivity index (χ4v) is 9.14. The number of halogens is 1. The molecule has 0 unspecified atom stereocenters. The van der Waals surface area contributed by atoms with E-state index in [1.165, 1.54) is 77.5 Å². The molecule has 0 aromatic heterocycles. The third-order valence-electron chi connectivity index (χ3n) is 11.7. The van der Waals surface area contributed by atoms with Crippen molar-refractivity contribution in [2.75, 3.05) is 4.90 Å². The molecule has 58 heavy (non-hydrogen) atoms. The summed E-state index contributed by atoms with van der Waals surface area (Å²) >= 11 is 0. The second-order valence-corrected chi connectivity index (χ2v) is 14.9. The largest absolute Gasteiger partial charge is 0.310 e. The molecule has 0 radical (unpaired) electrons. The van der Waals surface area contributed by atoms with Gasteiger partial charge in [0.15, 0.2) is 0 Å². The van der Waals surface area contributed by atoms with Gasteiger partial charge in [0.1, 0.15) is 5.82 Å². The van der Waals surface area contributed by atoms with Crippen molar-refractivity contribution in [1.29, 1.82) is 0 Å². The lowest BCUT2D eigenvalue weighted by Gasteiger charge is -2.27. The van der Waals surface area contributed by atoms with Crippen LogP contribution in [-0.4, -0.2) is 0 Å². The third kappa shape index (κ3) is 5.53. The van der Waals surface area contributed by atoms with Gasteiger partial charge in [-0.1, -0.05) is 170 Å². The fourth-order valence-electron chi connectivity index (χ4n) is 9.14. The highest BCUT2D eigenvalue weighted by Gasteiger charge is 2.22. The van der Waals surface area contributed by atoms with Crippen LogP contribution in [0.2, 0.25) is 0 Å². The summed E-state index contributed by atoms with van der Waals surface area (Å²) in [6.45, 7) is 0. The van der Waals surface area contributed by atoms with Crippen LogP contribution in [0, 0.1) is 5.82 Å². The number of nitrogens with zero attached hydrogens (tertiary/aromatic N) is 1. The summed E-state index contributed by atoms with van der Waals surface area (Å²) in [4.78, 5) is 2.22. The number of hydrogen-bond acceptors (Lipinski definition) is 1. The van der Waals surface area contributed by atoms with E-state index in [9.17, 15) is 4.39 Å². The summed E-state index contributed by atoms with van der Waals surface area (Å²) < 4.78 is 14.2. The first kappa shape index (κ1) is 33.8. The van der Waals surface area contributed by atoms with Crippen LogP contribution in [0.1, 0.15) is 0 Å². The molecular weight excluding hydrogens is 706 g/mol. The van der Waals surface area contributed by atoms with Gasteiger partial charge in [0.25, 0.3) is 0 Å². The van der Waals surface area contributed by atoms with Gasteiger partial charge >= 0.3 is 0 Å². The summed E-state index contributed by atoms with van der Waals surface area (Å²) in [6.07, 6.45) is 0.